The van der Waals surface area contributed by atoms with Gasteiger partial charge in [-0.15, -0.1) is 0 Å². The highest BCUT2D eigenvalue weighted by molar-refractivity contribution is 5.25. The quantitative estimate of drug-likeness (QED) is 0.736. The third-order valence-corrected chi connectivity index (χ3v) is 3.13. The molecule has 2 aromatic carbocycles. The zero-order chi connectivity index (χ0) is 15.1. The van der Waals surface area contributed by atoms with Crippen LogP contribution in [0.4, 0.5) is 8.78 Å². The lowest BCUT2D eigenvalue weighted by atomic mass is 9.96. The van der Waals surface area contributed by atoms with Gasteiger partial charge in [-0.25, -0.2) is 8.78 Å². The molecule has 0 N–H and O–H groups in total. The SMILES string of the molecule is N#CC(CCCOc1ccc(F)cc1)c1cccc(F)c1. The van der Waals surface area contributed by atoms with Gasteiger partial charge in [-0.3, -0.25) is 0 Å². The van der Waals surface area contributed by atoms with Gasteiger partial charge in [-0.1, -0.05) is 12.1 Å². The minimum absolute atomic E-state index is 0.307. The maximum Gasteiger partial charge on any atom is 0.123 e. The summed E-state index contributed by atoms with van der Waals surface area (Å²) >= 11 is 0. The topological polar surface area (TPSA) is 33.0 Å². The van der Waals surface area contributed by atoms with Gasteiger partial charge in [0.05, 0.1) is 18.6 Å². The number of nitriles is 1. The number of hydrogen-bond donors (Lipinski definition) is 0. The maximum atomic E-state index is 13.1. The fourth-order valence-electron chi connectivity index (χ4n) is 2.04. The molecule has 0 radical (unpaired) electrons. The standard InChI is InChI=1S/C17H15F2NO/c18-15-6-8-17(9-7-15)21-10-2-4-14(12-20)13-3-1-5-16(19)11-13/h1,3,5-9,11,14H,2,4,10H2. The van der Waals surface area contributed by atoms with Crippen LogP contribution < -0.4 is 4.74 Å². The van der Waals surface area contributed by atoms with Gasteiger partial charge in [0.15, 0.2) is 0 Å². The van der Waals surface area contributed by atoms with Gasteiger partial charge in [0.2, 0.25) is 0 Å². The Hall–Kier alpha value is -2.41. The summed E-state index contributed by atoms with van der Waals surface area (Å²) in [7, 11) is 0. The van der Waals surface area contributed by atoms with Gasteiger partial charge >= 0.3 is 0 Å². The summed E-state index contributed by atoms with van der Waals surface area (Å²) in [6, 6.07) is 14.1. The molecule has 0 spiro atoms. The van der Waals surface area contributed by atoms with Crippen LogP contribution in [0.25, 0.3) is 0 Å². The highest BCUT2D eigenvalue weighted by atomic mass is 19.1. The highest BCUT2D eigenvalue weighted by Crippen LogP contribution is 2.21. The minimum Gasteiger partial charge on any atom is -0.494 e. The smallest absolute Gasteiger partial charge is 0.123 e. The Labute approximate surface area is 122 Å². The van der Waals surface area contributed by atoms with Gasteiger partial charge in [0.25, 0.3) is 0 Å². The fourth-order valence-corrected chi connectivity index (χ4v) is 2.04. The van der Waals surface area contributed by atoms with E-state index >= 15 is 0 Å². The van der Waals surface area contributed by atoms with Crippen LogP contribution in [-0.2, 0) is 0 Å². The Morgan fingerprint density at radius 1 is 1.05 bits per heavy atom. The first kappa shape index (κ1) is 15.0. The Balaban J connectivity index is 1.81. The molecular formula is C17H15F2NO. The summed E-state index contributed by atoms with van der Waals surface area (Å²) in [6.45, 7) is 0.430. The Morgan fingerprint density at radius 2 is 1.81 bits per heavy atom. The molecule has 4 heteroatoms. The van der Waals surface area contributed by atoms with E-state index in [2.05, 4.69) is 6.07 Å². The van der Waals surface area contributed by atoms with E-state index in [1.165, 1.54) is 24.3 Å². The van der Waals surface area contributed by atoms with Crippen molar-refractivity contribution in [1.29, 1.82) is 5.26 Å². The molecular weight excluding hydrogens is 272 g/mol. The van der Waals surface area contributed by atoms with Crippen LogP contribution in [0.1, 0.15) is 24.3 Å². The lowest BCUT2D eigenvalue weighted by Crippen LogP contribution is -2.02. The van der Waals surface area contributed by atoms with Crippen molar-refractivity contribution < 1.29 is 13.5 Å². The monoisotopic (exact) mass is 287 g/mol. The second kappa shape index (κ2) is 7.39. The van der Waals surface area contributed by atoms with Gasteiger partial charge in [-0.05, 0) is 54.8 Å². The molecule has 0 amide bonds. The van der Waals surface area contributed by atoms with Gasteiger partial charge in [0.1, 0.15) is 17.4 Å². The Kier molecular flexibility index (Phi) is 5.28. The van der Waals surface area contributed by atoms with Crippen LogP contribution in [0.2, 0.25) is 0 Å². The second-order valence-electron chi connectivity index (χ2n) is 4.68. The zero-order valence-corrected chi connectivity index (χ0v) is 11.4. The summed E-state index contributed by atoms with van der Waals surface area (Å²) in [4.78, 5) is 0. The average Bonchev–Trinajstić information content (AvgIpc) is 2.49. The minimum atomic E-state index is -0.350. The molecule has 2 nitrogen and oxygen atoms in total. The van der Waals surface area contributed by atoms with Crippen molar-refractivity contribution in [2.24, 2.45) is 0 Å². The van der Waals surface area contributed by atoms with Gasteiger partial charge in [0, 0.05) is 0 Å². The third kappa shape index (κ3) is 4.57. The van der Waals surface area contributed by atoms with Crippen LogP contribution in [-0.4, -0.2) is 6.61 Å². The van der Waals surface area contributed by atoms with Gasteiger partial charge < -0.3 is 4.74 Å². The first-order chi connectivity index (χ1) is 10.2. The van der Waals surface area contributed by atoms with E-state index in [4.69, 9.17) is 10.00 Å². The van der Waals surface area contributed by atoms with E-state index in [1.54, 1.807) is 24.3 Å². The Bertz CT molecular complexity index is 619. The molecule has 0 fully saturated rings. The van der Waals surface area contributed by atoms with E-state index in [0.717, 1.165) is 0 Å². The molecule has 0 aliphatic heterocycles. The van der Waals surface area contributed by atoms with Crippen molar-refractivity contribution in [3.8, 4) is 11.8 Å². The molecule has 21 heavy (non-hydrogen) atoms. The highest BCUT2D eigenvalue weighted by Gasteiger charge is 2.11. The van der Waals surface area contributed by atoms with Crippen LogP contribution >= 0.6 is 0 Å². The summed E-state index contributed by atoms with van der Waals surface area (Å²) in [5, 5.41) is 9.16. The summed E-state index contributed by atoms with van der Waals surface area (Å²) < 4.78 is 31.3. The van der Waals surface area contributed by atoms with Crippen LogP contribution in [0.5, 0.6) is 5.75 Å². The number of hydrogen-bond acceptors (Lipinski definition) is 2. The van der Waals surface area contributed by atoms with Crippen molar-refractivity contribution in [3.05, 3.63) is 65.7 Å². The van der Waals surface area contributed by atoms with E-state index in [1.807, 2.05) is 0 Å². The lowest BCUT2D eigenvalue weighted by molar-refractivity contribution is 0.304. The van der Waals surface area contributed by atoms with E-state index in [0.29, 0.717) is 30.8 Å². The molecule has 0 aromatic heterocycles. The van der Waals surface area contributed by atoms with Crippen molar-refractivity contribution in [2.75, 3.05) is 6.61 Å². The second-order valence-corrected chi connectivity index (χ2v) is 4.68. The largest absolute Gasteiger partial charge is 0.494 e. The number of ether oxygens (including phenoxy) is 1. The van der Waals surface area contributed by atoms with Crippen molar-refractivity contribution >= 4 is 0 Å². The Morgan fingerprint density at radius 3 is 2.48 bits per heavy atom. The molecule has 1 unspecified atom stereocenters. The first-order valence-electron chi connectivity index (χ1n) is 6.72. The van der Waals surface area contributed by atoms with Crippen LogP contribution in [0.3, 0.4) is 0 Å². The number of halogens is 2. The third-order valence-electron chi connectivity index (χ3n) is 3.13. The molecule has 2 aromatic rings. The van der Waals surface area contributed by atoms with Crippen molar-refractivity contribution in [2.45, 2.75) is 18.8 Å². The lowest BCUT2D eigenvalue weighted by Gasteiger charge is -2.10. The van der Waals surface area contributed by atoms with Crippen molar-refractivity contribution in [3.63, 3.8) is 0 Å². The normalized spacial score (nSPS) is 11.7. The molecule has 108 valence electrons. The van der Waals surface area contributed by atoms with Gasteiger partial charge in [-0.2, -0.15) is 5.26 Å². The fraction of sp³-hybridized carbons (Fsp3) is 0.235. The molecule has 0 bridgehead atoms. The predicted molar refractivity (Wildman–Crippen MR) is 75.9 cm³/mol. The van der Waals surface area contributed by atoms with Crippen LogP contribution in [0, 0.1) is 23.0 Å². The van der Waals surface area contributed by atoms with E-state index < -0.39 is 0 Å². The average molecular weight is 287 g/mol. The first-order valence-corrected chi connectivity index (χ1v) is 6.72. The predicted octanol–water partition coefficient (Wildman–Crippen LogP) is 4.43. The van der Waals surface area contributed by atoms with E-state index in [9.17, 15) is 8.78 Å². The molecule has 0 aliphatic carbocycles. The molecule has 0 aliphatic rings. The zero-order valence-electron chi connectivity index (χ0n) is 11.4. The number of nitrogens with zero attached hydrogens (tertiary/aromatic N) is 1. The molecule has 2 rings (SSSR count). The molecule has 0 heterocycles. The molecule has 0 saturated heterocycles. The number of rotatable bonds is 6. The van der Waals surface area contributed by atoms with Crippen LogP contribution in [0.15, 0.2) is 48.5 Å². The summed E-state index contributed by atoms with van der Waals surface area (Å²) in [5.74, 6) is -0.401. The summed E-state index contributed by atoms with van der Waals surface area (Å²) in [5.41, 5.74) is 0.680. The number of benzene rings is 2. The summed E-state index contributed by atoms with van der Waals surface area (Å²) in [6.07, 6.45) is 1.24. The van der Waals surface area contributed by atoms with Crippen molar-refractivity contribution in [1.82, 2.24) is 0 Å². The molecule has 0 saturated carbocycles. The molecule has 1 atom stereocenters. The maximum absolute atomic E-state index is 13.1. The van der Waals surface area contributed by atoms with E-state index in [-0.39, 0.29) is 17.6 Å².